The summed E-state index contributed by atoms with van der Waals surface area (Å²) < 4.78 is 0. The fourth-order valence-electron chi connectivity index (χ4n) is 2.36. The normalized spacial score (nSPS) is 25.5. The van der Waals surface area contributed by atoms with Crippen molar-refractivity contribution >= 4 is 0 Å². The summed E-state index contributed by atoms with van der Waals surface area (Å²) >= 11 is 0. The lowest BCUT2D eigenvalue weighted by atomic mass is 9.92. The molecule has 0 heterocycles. The summed E-state index contributed by atoms with van der Waals surface area (Å²) in [6.45, 7) is 6.78. The summed E-state index contributed by atoms with van der Waals surface area (Å²) in [6, 6.07) is 0.780. The third kappa shape index (κ3) is 4.43. The molecule has 1 rings (SSSR count). The van der Waals surface area contributed by atoms with Crippen molar-refractivity contribution in [1.82, 2.24) is 5.32 Å². The van der Waals surface area contributed by atoms with Gasteiger partial charge in [-0.1, -0.05) is 20.3 Å². The molecule has 2 nitrogen and oxygen atoms in total. The van der Waals surface area contributed by atoms with E-state index in [4.69, 9.17) is 5.73 Å². The van der Waals surface area contributed by atoms with Crippen LogP contribution in [0.25, 0.3) is 0 Å². The molecule has 0 aromatic carbocycles. The van der Waals surface area contributed by atoms with Crippen LogP contribution >= 0.6 is 0 Å². The summed E-state index contributed by atoms with van der Waals surface area (Å²) in [6.07, 6.45) is 7.84. The zero-order valence-corrected chi connectivity index (χ0v) is 9.81. The lowest BCUT2D eigenvalue weighted by Crippen LogP contribution is -2.28. The van der Waals surface area contributed by atoms with Crippen molar-refractivity contribution in [1.29, 1.82) is 0 Å². The monoisotopic (exact) mass is 198 g/mol. The van der Waals surface area contributed by atoms with E-state index in [2.05, 4.69) is 19.2 Å². The molecule has 1 unspecified atom stereocenters. The molecule has 2 heteroatoms. The minimum Gasteiger partial charge on any atom is -0.330 e. The van der Waals surface area contributed by atoms with E-state index in [9.17, 15) is 0 Å². The van der Waals surface area contributed by atoms with Gasteiger partial charge in [-0.05, 0) is 50.6 Å². The van der Waals surface area contributed by atoms with Crippen molar-refractivity contribution in [3.63, 3.8) is 0 Å². The molecule has 1 aliphatic carbocycles. The van der Waals surface area contributed by atoms with Crippen molar-refractivity contribution < 1.29 is 0 Å². The van der Waals surface area contributed by atoms with E-state index in [-0.39, 0.29) is 0 Å². The van der Waals surface area contributed by atoms with Crippen molar-refractivity contribution in [2.24, 2.45) is 11.1 Å². The third-order valence-electron chi connectivity index (χ3n) is 3.28. The number of hydrogen-bond acceptors (Lipinski definition) is 2. The average molecular weight is 198 g/mol. The average Bonchev–Trinajstić information content (AvgIpc) is 2.45. The predicted molar refractivity (Wildman–Crippen MR) is 62.3 cm³/mol. The lowest BCUT2D eigenvalue weighted by molar-refractivity contribution is 0.364. The summed E-state index contributed by atoms with van der Waals surface area (Å²) in [7, 11) is 0. The smallest absolute Gasteiger partial charge is 0.00723 e. The quantitative estimate of drug-likeness (QED) is 0.643. The summed E-state index contributed by atoms with van der Waals surface area (Å²) in [5.41, 5.74) is 6.03. The van der Waals surface area contributed by atoms with Crippen LogP contribution in [-0.2, 0) is 0 Å². The van der Waals surface area contributed by atoms with Gasteiger partial charge in [0, 0.05) is 6.04 Å². The fourth-order valence-corrected chi connectivity index (χ4v) is 2.36. The van der Waals surface area contributed by atoms with Gasteiger partial charge in [-0.25, -0.2) is 0 Å². The van der Waals surface area contributed by atoms with E-state index < -0.39 is 0 Å². The van der Waals surface area contributed by atoms with Crippen LogP contribution in [0.4, 0.5) is 0 Å². The van der Waals surface area contributed by atoms with E-state index in [1.165, 1.54) is 45.1 Å². The van der Waals surface area contributed by atoms with Crippen molar-refractivity contribution in [3.05, 3.63) is 0 Å². The topological polar surface area (TPSA) is 38.0 Å². The van der Waals surface area contributed by atoms with Gasteiger partial charge in [0.05, 0.1) is 0 Å². The molecule has 1 fully saturated rings. The SMILES string of the molecule is CC1(C)CCC(NCCCCCN)C1. The number of nitrogens with two attached hydrogens (primary N) is 1. The van der Waals surface area contributed by atoms with Gasteiger partial charge >= 0.3 is 0 Å². The Kier molecular flexibility index (Phi) is 4.90. The van der Waals surface area contributed by atoms with Gasteiger partial charge in [-0.2, -0.15) is 0 Å². The zero-order chi connectivity index (χ0) is 10.4. The highest BCUT2D eigenvalue weighted by molar-refractivity contribution is 4.86. The fraction of sp³-hybridized carbons (Fsp3) is 1.00. The second kappa shape index (κ2) is 5.72. The van der Waals surface area contributed by atoms with E-state index in [1.54, 1.807) is 0 Å². The van der Waals surface area contributed by atoms with Crippen LogP contribution in [0.3, 0.4) is 0 Å². The maximum Gasteiger partial charge on any atom is 0.00723 e. The standard InChI is InChI=1S/C12H26N2/c1-12(2)7-6-11(10-12)14-9-5-3-4-8-13/h11,14H,3-10,13H2,1-2H3. The van der Waals surface area contributed by atoms with E-state index in [1.807, 2.05) is 0 Å². The molecular formula is C12H26N2. The zero-order valence-electron chi connectivity index (χ0n) is 9.81. The first-order chi connectivity index (χ1) is 6.64. The molecule has 0 saturated heterocycles. The minimum absolute atomic E-state index is 0.578. The summed E-state index contributed by atoms with van der Waals surface area (Å²) in [5, 5.41) is 3.66. The Labute approximate surface area is 88.6 Å². The van der Waals surface area contributed by atoms with Crippen molar-refractivity contribution in [2.45, 2.75) is 58.4 Å². The Morgan fingerprint density at radius 1 is 1.29 bits per heavy atom. The first kappa shape index (κ1) is 12.0. The van der Waals surface area contributed by atoms with Crippen LogP contribution in [-0.4, -0.2) is 19.1 Å². The summed E-state index contributed by atoms with van der Waals surface area (Å²) in [4.78, 5) is 0. The predicted octanol–water partition coefficient (Wildman–Crippen LogP) is 2.28. The molecule has 0 spiro atoms. The molecule has 14 heavy (non-hydrogen) atoms. The molecule has 0 radical (unpaired) electrons. The maximum absolute atomic E-state index is 5.45. The first-order valence-electron chi connectivity index (χ1n) is 6.07. The highest BCUT2D eigenvalue weighted by Gasteiger charge is 2.30. The van der Waals surface area contributed by atoms with Gasteiger partial charge in [0.2, 0.25) is 0 Å². The van der Waals surface area contributed by atoms with Crippen molar-refractivity contribution in [2.75, 3.05) is 13.1 Å². The molecular weight excluding hydrogens is 172 g/mol. The van der Waals surface area contributed by atoms with Crippen LogP contribution in [0.15, 0.2) is 0 Å². The van der Waals surface area contributed by atoms with Gasteiger partial charge < -0.3 is 11.1 Å². The number of hydrogen-bond donors (Lipinski definition) is 2. The first-order valence-corrected chi connectivity index (χ1v) is 6.07. The Balaban J connectivity index is 1.98. The Bertz CT molecular complexity index is 154. The van der Waals surface area contributed by atoms with E-state index in [0.717, 1.165) is 12.6 Å². The maximum atomic E-state index is 5.45. The van der Waals surface area contributed by atoms with Gasteiger partial charge in [0.1, 0.15) is 0 Å². The van der Waals surface area contributed by atoms with Gasteiger partial charge in [-0.3, -0.25) is 0 Å². The second-order valence-electron chi connectivity index (χ2n) is 5.41. The van der Waals surface area contributed by atoms with Crippen LogP contribution in [0.1, 0.15) is 52.4 Å². The Hall–Kier alpha value is -0.0800. The molecule has 3 N–H and O–H groups in total. The molecule has 0 amide bonds. The lowest BCUT2D eigenvalue weighted by Gasteiger charge is -2.17. The largest absolute Gasteiger partial charge is 0.330 e. The number of nitrogens with one attached hydrogen (secondary N) is 1. The van der Waals surface area contributed by atoms with Crippen LogP contribution in [0.2, 0.25) is 0 Å². The van der Waals surface area contributed by atoms with E-state index >= 15 is 0 Å². The molecule has 0 bridgehead atoms. The number of unbranched alkanes of at least 4 members (excludes halogenated alkanes) is 2. The second-order valence-corrected chi connectivity index (χ2v) is 5.41. The Morgan fingerprint density at radius 2 is 2.07 bits per heavy atom. The van der Waals surface area contributed by atoms with Crippen LogP contribution in [0, 0.1) is 5.41 Å². The Morgan fingerprint density at radius 3 is 2.64 bits per heavy atom. The molecule has 1 aliphatic rings. The summed E-state index contributed by atoms with van der Waals surface area (Å²) in [5.74, 6) is 0. The highest BCUT2D eigenvalue weighted by Crippen LogP contribution is 2.36. The molecule has 1 atom stereocenters. The molecule has 0 aromatic rings. The minimum atomic E-state index is 0.578. The van der Waals surface area contributed by atoms with Crippen molar-refractivity contribution in [3.8, 4) is 0 Å². The van der Waals surface area contributed by atoms with Gasteiger partial charge in [-0.15, -0.1) is 0 Å². The molecule has 1 saturated carbocycles. The van der Waals surface area contributed by atoms with E-state index in [0.29, 0.717) is 5.41 Å². The van der Waals surface area contributed by atoms with Crippen LogP contribution in [0.5, 0.6) is 0 Å². The molecule has 0 aliphatic heterocycles. The molecule has 84 valence electrons. The highest BCUT2D eigenvalue weighted by atomic mass is 14.9. The number of rotatable bonds is 6. The van der Waals surface area contributed by atoms with Gasteiger partial charge in [0.15, 0.2) is 0 Å². The third-order valence-corrected chi connectivity index (χ3v) is 3.28. The van der Waals surface area contributed by atoms with Gasteiger partial charge in [0.25, 0.3) is 0 Å². The van der Waals surface area contributed by atoms with Crippen LogP contribution < -0.4 is 11.1 Å². The molecule has 0 aromatic heterocycles.